The van der Waals surface area contributed by atoms with Gasteiger partial charge in [0.2, 0.25) is 0 Å². The molecular weight excluding hydrogens is 573 g/mol. The lowest BCUT2D eigenvalue weighted by Crippen LogP contribution is -2.47. The van der Waals surface area contributed by atoms with E-state index in [-0.39, 0.29) is 6.10 Å². The van der Waals surface area contributed by atoms with Crippen LogP contribution < -0.4 is 15.0 Å². The molecule has 3 atom stereocenters. The topological polar surface area (TPSA) is 64.0 Å². The molecule has 10 heteroatoms. The average Bonchev–Trinajstić information content (AvgIpc) is 3.70. The SMILES string of the molecule is Clc1ccc(C(Oc2ccc(N3CCN(CCNc4ccccc4)CC3)cc2)[C@@H]2CO[C@H](Cn3ccnc3)O2)c(Cl)c1. The van der Waals surface area contributed by atoms with Gasteiger partial charge in [0.15, 0.2) is 12.4 Å². The van der Waals surface area contributed by atoms with Gasteiger partial charge in [-0.05, 0) is 48.5 Å². The average molecular weight is 609 g/mol. The molecule has 6 rings (SSSR count). The van der Waals surface area contributed by atoms with Crippen molar-refractivity contribution < 1.29 is 14.2 Å². The van der Waals surface area contributed by atoms with Crippen LogP contribution >= 0.6 is 23.2 Å². The zero-order valence-corrected chi connectivity index (χ0v) is 24.8. The minimum atomic E-state index is -0.471. The summed E-state index contributed by atoms with van der Waals surface area (Å²) in [4.78, 5) is 9.03. The van der Waals surface area contributed by atoms with E-state index in [0.29, 0.717) is 23.2 Å². The fraction of sp³-hybridized carbons (Fsp3) is 0.344. The molecule has 0 aliphatic carbocycles. The third kappa shape index (κ3) is 7.38. The van der Waals surface area contributed by atoms with E-state index in [1.807, 2.05) is 41.1 Å². The second-order valence-corrected chi connectivity index (χ2v) is 11.4. The van der Waals surface area contributed by atoms with Gasteiger partial charge in [0.25, 0.3) is 0 Å². The molecule has 0 spiro atoms. The summed E-state index contributed by atoms with van der Waals surface area (Å²) in [7, 11) is 0. The van der Waals surface area contributed by atoms with Gasteiger partial charge in [-0.25, -0.2) is 4.98 Å². The number of anilines is 2. The van der Waals surface area contributed by atoms with E-state index in [0.717, 1.165) is 50.6 Å². The first-order chi connectivity index (χ1) is 20.6. The van der Waals surface area contributed by atoms with E-state index in [9.17, 15) is 0 Å². The minimum absolute atomic E-state index is 0.346. The van der Waals surface area contributed by atoms with Gasteiger partial charge in [-0.2, -0.15) is 0 Å². The molecule has 0 amide bonds. The van der Waals surface area contributed by atoms with Crippen LogP contribution in [0.3, 0.4) is 0 Å². The number of benzene rings is 3. The highest BCUT2D eigenvalue weighted by molar-refractivity contribution is 6.35. The van der Waals surface area contributed by atoms with Gasteiger partial charge in [-0.3, -0.25) is 4.90 Å². The van der Waals surface area contributed by atoms with Crippen LogP contribution in [0.15, 0.2) is 91.5 Å². The van der Waals surface area contributed by atoms with E-state index in [1.165, 1.54) is 11.4 Å². The number of ether oxygens (including phenoxy) is 3. The molecule has 220 valence electrons. The summed E-state index contributed by atoms with van der Waals surface area (Å²) in [5.41, 5.74) is 3.16. The zero-order chi connectivity index (χ0) is 28.7. The van der Waals surface area contributed by atoms with Crippen LogP contribution in [0.2, 0.25) is 10.0 Å². The molecule has 2 saturated heterocycles. The molecule has 1 unspecified atom stereocenters. The Hall–Kier alpha value is -3.27. The number of nitrogens with zero attached hydrogens (tertiary/aromatic N) is 4. The number of para-hydroxylation sites is 1. The first kappa shape index (κ1) is 28.8. The number of halogens is 2. The van der Waals surface area contributed by atoms with Crippen LogP contribution in [0.1, 0.15) is 11.7 Å². The molecule has 2 aliphatic rings. The molecule has 8 nitrogen and oxygen atoms in total. The second-order valence-electron chi connectivity index (χ2n) is 10.5. The fourth-order valence-corrected chi connectivity index (χ4v) is 5.91. The number of aromatic nitrogens is 2. The van der Waals surface area contributed by atoms with Crippen molar-refractivity contribution >= 4 is 34.6 Å². The molecule has 0 saturated carbocycles. The Morgan fingerprint density at radius 2 is 1.79 bits per heavy atom. The summed E-state index contributed by atoms with van der Waals surface area (Å²) in [6.07, 6.45) is 4.14. The van der Waals surface area contributed by atoms with Gasteiger partial charge in [0, 0.05) is 78.6 Å². The van der Waals surface area contributed by atoms with Crippen LogP contribution in [0.4, 0.5) is 11.4 Å². The molecule has 0 bridgehead atoms. The maximum absolute atomic E-state index is 6.63. The van der Waals surface area contributed by atoms with Gasteiger partial charge < -0.3 is 29.0 Å². The van der Waals surface area contributed by atoms with Gasteiger partial charge in [0.1, 0.15) is 11.9 Å². The molecule has 4 aromatic rings. The summed E-state index contributed by atoms with van der Waals surface area (Å²) in [6, 6.07) is 24.1. The number of imidazole rings is 1. The van der Waals surface area contributed by atoms with Crippen LogP contribution in [0, 0.1) is 0 Å². The third-order valence-electron chi connectivity index (χ3n) is 7.67. The summed E-state index contributed by atoms with van der Waals surface area (Å²) in [5.74, 6) is 0.738. The predicted molar refractivity (Wildman–Crippen MR) is 167 cm³/mol. The third-order valence-corrected chi connectivity index (χ3v) is 8.23. The van der Waals surface area contributed by atoms with Gasteiger partial charge in [-0.1, -0.05) is 47.5 Å². The maximum Gasteiger partial charge on any atom is 0.176 e. The fourth-order valence-electron chi connectivity index (χ4n) is 5.40. The first-order valence-corrected chi connectivity index (χ1v) is 15.1. The van der Waals surface area contributed by atoms with Crippen molar-refractivity contribution in [3.63, 3.8) is 0 Å². The normalized spacial score (nSPS) is 20.0. The summed E-state index contributed by atoms with van der Waals surface area (Å²) < 4.78 is 20.7. The highest BCUT2D eigenvalue weighted by Gasteiger charge is 2.36. The minimum Gasteiger partial charge on any atom is -0.483 e. The largest absolute Gasteiger partial charge is 0.483 e. The lowest BCUT2D eigenvalue weighted by Gasteiger charge is -2.36. The Morgan fingerprint density at radius 1 is 0.976 bits per heavy atom. The molecule has 0 radical (unpaired) electrons. The monoisotopic (exact) mass is 607 g/mol. The second kappa shape index (κ2) is 13.8. The summed E-state index contributed by atoms with van der Waals surface area (Å²) in [5, 5.41) is 4.60. The molecule has 1 aromatic heterocycles. The van der Waals surface area contributed by atoms with Crippen molar-refractivity contribution in [2.75, 3.05) is 56.1 Å². The Balaban J connectivity index is 1.06. The van der Waals surface area contributed by atoms with Crippen molar-refractivity contribution in [3.8, 4) is 5.75 Å². The zero-order valence-electron chi connectivity index (χ0n) is 23.3. The molecule has 3 heterocycles. The molecular formula is C32H35Cl2N5O3. The lowest BCUT2D eigenvalue weighted by atomic mass is 10.0. The first-order valence-electron chi connectivity index (χ1n) is 14.3. The van der Waals surface area contributed by atoms with E-state index in [1.54, 1.807) is 18.6 Å². The Labute approximate surface area is 256 Å². The van der Waals surface area contributed by atoms with Gasteiger partial charge in [0.05, 0.1) is 19.5 Å². The Kier molecular flexibility index (Phi) is 9.47. The number of nitrogens with one attached hydrogen (secondary N) is 1. The maximum atomic E-state index is 6.63. The van der Waals surface area contributed by atoms with E-state index >= 15 is 0 Å². The highest BCUT2D eigenvalue weighted by atomic mass is 35.5. The summed E-state index contributed by atoms with van der Waals surface area (Å²) >= 11 is 12.8. The Morgan fingerprint density at radius 3 is 2.52 bits per heavy atom. The standard InChI is InChI=1S/C32H35Cl2N5O3/c33-24-6-11-28(29(34)20-24)32(30-22-40-31(42-30)21-38-14-12-35-23-38)41-27-9-7-26(8-10-27)39-18-16-37(17-19-39)15-13-36-25-4-2-1-3-5-25/h1-12,14,20,23,30-32,36H,13,15-19,21-22H2/t30-,31-,32?/m0/s1. The molecule has 2 aliphatic heterocycles. The summed E-state index contributed by atoms with van der Waals surface area (Å²) in [6.45, 7) is 6.93. The van der Waals surface area contributed by atoms with Crippen LogP contribution in [-0.2, 0) is 16.0 Å². The number of hydrogen-bond acceptors (Lipinski definition) is 7. The number of hydrogen-bond donors (Lipinski definition) is 1. The molecule has 42 heavy (non-hydrogen) atoms. The van der Waals surface area contributed by atoms with Crippen molar-refractivity contribution in [1.29, 1.82) is 0 Å². The molecule has 3 aromatic carbocycles. The smallest absolute Gasteiger partial charge is 0.176 e. The molecule has 2 fully saturated rings. The van der Waals surface area contributed by atoms with Gasteiger partial charge >= 0.3 is 0 Å². The lowest BCUT2D eigenvalue weighted by molar-refractivity contribution is -0.0851. The van der Waals surface area contributed by atoms with Crippen molar-refractivity contribution in [2.24, 2.45) is 0 Å². The number of piperazine rings is 1. The van der Waals surface area contributed by atoms with Crippen molar-refractivity contribution in [1.82, 2.24) is 14.5 Å². The van der Waals surface area contributed by atoms with Crippen LogP contribution in [-0.4, -0.2) is 72.7 Å². The van der Waals surface area contributed by atoms with E-state index in [2.05, 4.69) is 56.5 Å². The van der Waals surface area contributed by atoms with Crippen LogP contribution in [0.25, 0.3) is 0 Å². The molecule has 1 N–H and O–H groups in total. The van der Waals surface area contributed by atoms with Crippen LogP contribution in [0.5, 0.6) is 5.75 Å². The van der Waals surface area contributed by atoms with E-state index in [4.69, 9.17) is 37.4 Å². The highest BCUT2D eigenvalue weighted by Crippen LogP contribution is 2.36. The van der Waals surface area contributed by atoms with Gasteiger partial charge in [-0.15, -0.1) is 0 Å². The predicted octanol–water partition coefficient (Wildman–Crippen LogP) is 5.99. The Bertz CT molecular complexity index is 1400. The van der Waals surface area contributed by atoms with Crippen molar-refractivity contribution in [2.45, 2.75) is 25.0 Å². The van der Waals surface area contributed by atoms with Crippen molar-refractivity contribution in [3.05, 3.63) is 107 Å². The number of rotatable bonds is 11. The van der Waals surface area contributed by atoms with E-state index < -0.39 is 12.4 Å². The quantitative estimate of drug-likeness (QED) is 0.225.